The van der Waals surface area contributed by atoms with Gasteiger partial charge >= 0.3 is 12.1 Å². The van der Waals surface area contributed by atoms with Gasteiger partial charge in [-0.3, -0.25) is 9.59 Å². The summed E-state index contributed by atoms with van der Waals surface area (Å²) in [5.41, 5.74) is 4.56. The van der Waals surface area contributed by atoms with Gasteiger partial charge in [-0.25, -0.2) is 4.79 Å². The van der Waals surface area contributed by atoms with Crippen molar-refractivity contribution in [1.29, 1.82) is 0 Å². The monoisotopic (exact) mass is 464 g/mol. The lowest BCUT2D eigenvalue weighted by Gasteiger charge is -2.23. The lowest BCUT2D eigenvalue weighted by molar-refractivity contribution is -0.141. The van der Waals surface area contributed by atoms with Crippen molar-refractivity contribution in [3.63, 3.8) is 0 Å². The van der Waals surface area contributed by atoms with Gasteiger partial charge in [-0.2, -0.15) is 0 Å². The van der Waals surface area contributed by atoms with Crippen molar-refractivity contribution < 1.29 is 24.2 Å². The predicted molar refractivity (Wildman–Crippen MR) is 128 cm³/mol. The largest absolute Gasteiger partial charge is 0.481 e. The van der Waals surface area contributed by atoms with E-state index in [-0.39, 0.29) is 30.4 Å². The molecule has 2 aliphatic carbocycles. The molecule has 0 saturated heterocycles. The van der Waals surface area contributed by atoms with Crippen molar-refractivity contribution in [1.82, 2.24) is 10.6 Å². The van der Waals surface area contributed by atoms with Crippen LogP contribution in [0.4, 0.5) is 4.79 Å². The predicted octanol–water partition coefficient (Wildman–Crippen LogP) is 4.31. The fourth-order valence-corrected chi connectivity index (χ4v) is 5.12. The van der Waals surface area contributed by atoms with E-state index in [0.29, 0.717) is 25.7 Å². The number of hydrogen-bond acceptors (Lipinski definition) is 4. The van der Waals surface area contributed by atoms with Gasteiger partial charge in [0.2, 0.25) is 5.91 Å². The Morgan fingerprint density at radius 3 is 2.18 bits per heavy atom. The molecule has 7 heteroatoms. The second kappa shape index (κ2) is 10.3. The van der Waals surface area contributed by atoms with Gasteiger partial charge in [-0.05, 0) is 53.9 Å². The summed E-state index contributed by atoms with van der Waals surface area (Å²) in [6, 6.07) is 15.3. The van der Waals surface area contributed by atoms with E-state index in [1.165, 1.54) is 0 Å². The van der Waals surface area contributed by atoms with Gasteiger partial charge in [0.1, 0.15) is 12.6 Å². The average Bonchev–Trinajstić information content (AvgIpc) is 3.40. The highest BCUT2D eigenvalue weighted by atomic mass is 16.5. The minimum atomic E-state index is -0.827. The highest BCUT2D eigenvalue weighted by Gasteiger charge is 2.33. The lowest BCUT2D eigenvalue weighted by atomic mass is 9.98. The number of amides is 2. The topological polar surface area (TPSA) is 105 Å². The first-order valence-corrected chi connectivity index (χ1v) is 12.0. The maximum atomic E-state index is 12.9. The standard InChI is InChI=1S/C27H32N2O5/c1-16(2)13-24(25(30)28-18-12-11-17(14-18)26(31)32)29-27(33)34-15-23-21-9-5-3-7-19(21)20-8-4-6-10-22(20)23/h3-10,16-18,23-24H,11-15H2,1-2H3,(H,28,30)(H,29,33)(H,31,32)/t17-,18+,24?/m1/s1. The molecule has 3 N–H and O–H groups in total. The number of carboxylic acid groups (broad SMARTS) is 1. The molecule has 0 radical (unpaired) electrons. The SMILES string of the molecule is CC(C)CC(NC(=O)OCC1c2ccccc2-c2ccccc21)C(=O)N[C@H]1CC[C@@H](C(=O)O)C1. The summed E-state index contributed by atoms with van der Waals surface area (Å²) in [5.74, 6) is -1.42. The Kier molecular flexibility index (Phi) is 7.20. The van der Waals surface area contributed by atoms with Gasteiger partial charge in [0.25, 0.3) is 0 Å². The third-order valence-corrected chi connectivity index (χ3v) is 6.79. The van der Waals surface area contributed by atoms with Crippen LogP contribution >= 0.6 is 0 Å². The first kappa shape index (κ1) is 23.8. The average molecular weight is 465 g/mol. The summed E-state index contributed by atoms with van der Waals surface area (Å²) >= 11 is 0. The molecule has 3 atom stereocenters. The number of nitrogens with one attached hydrogen (secondary N) is 2. The quantitative estimate of drug-likeness (QED) is 0.540. The third-order valence-electron chi connectivity index (χ3n) is 6.79. The molecule has 0 aromatic heterocycles. The Hall–Kier alpha value is -3.35. The lowest BCUT2D eigenvalue weighted by Crippen LogP contribution is -2.50. The van der Waals surface area contributed by atoms with Crippen LogP contribution < -0.4 is 10.6 Å². The van der Waals surface area contributed by atoms with Crippen LogP contribution in [0, 0.1) is 11.8 Å². The van der Waals surface area contributed by atoms with Crippen LogP contribution in [0.25, 0.3) is 11.1 Å². The Labute approximate surface area is 199 Å². The van der Waals surface area contributed by atoms with Gasteiger partial charge in [-0.1, -0.05) is 62.4 Å². The molecular formula is C27H32N2O5. The fourth-order valence-electron chi connectivity index (χ4n) is 5.12. The summed E-state index contributed by atoms with van der Waals surface area (Å²) < 4.78 is 5.61. The summed E-state index contributed by atoms with van der Waals surface area (Å²) in [7, 11) is 0. The van der Waals surface area contributed by atoms with Gasteiger partial charge in [0, 0.05) is 12.0 Å². The summed E-state index contributed by atoms with van der Waals surface area (Å²) in [6.07, 6.45) is 1.43. The zero-order valence-corrected chi connectivity index (χ0v) is 19.6. The van der Waals surface area contributed by atoms with Crippen LogP contribution in [0.5, 0.6) is 0 Å². The number of carboxylic acids is 1. The molecule has 180 valence electrons. The number of hydrogen-bond donors (Lipinski definition) is 3. The first-order chi connectivity index (χ1) is 16.3. The molecule has 0 bridgehead atoms. The Balaban J connectivity index is 1.37. The summed E-state index contributed by atoms with van der Waals surface area (Å²) in [5, 5.41) is 14.9. The molecule has 0 heterocycles. The minimum Gasteiger partial charge on any atom is -0.481 e. The van der Waals surface area contributed by atoms with E-state index in [1.54, 1.807) is 0 Å². The van der Waals surface area contributed by atoms with Crippen molar-refractivity contribution in [3.8, 4) is 11.1 Å². The number of carbonyl (C=O) groups is 3. The number of aliphatic carboxylic acids is 1. The van der Waals surface area contributed by atoms with Crippen molar-refractivity contribution in [2.45, 2.75) is 57.5 Å². The molecule has 34 heavy (non-hydrogen) atoms. The smallest absolute Gasteiger partial charge is 0.407 e. The number of alkyl carbamates (subject to hydrolysis) is 1. The van der Waals surface area contributed by atoms with Crippen molar-refractivity contribution in [3.05, 3.63) is 59.7 Å². The second-order valence-corrected chi connectivity index (χ2v) is 9.71. The molecular weight excluding hydrogens is 432 g/mol. The molecule has 2 aromatic rings. The maximum absolute atomic E-state index is 12.9. The first-order valence-electron chi connectivity index (χ1n) is 12.0. The minimum absolute atomic E-state index is 0.0537. The molecule has 4 rings (SSSR count). The van der Waals surface area contributed by atoms with E-state index >= 15 is 0 Å². The van der Waals surface area contributed by atoms with E-state index in [4.69, 9.17) is 4.74 Å². The van der Waals surface area contributed by atoms with Gasteiger partial charge in [-0.15, -0.1) is 0 Å². The van der Waals surface area contributed by atoms with Gasteiger partial charge in [0.15, 0.2) is 0 Å². The summed E-state index contributed by atoms with van der Waals surface area (Å²) in [6.45, 7) is 4.14. The van der Waals surface area contributed by atoms with E-state index < -0.39 is 24.0 Å². The van der Waals surface area contributed by atoms with E-state index in [1.807, 2.05) is 38.1 Å². The molecule has 0 aliphatic heterocycles. The van der Waals surface area contributed by atoms with Crippen LogP contribution in [-0.2, 0) is 14.3 Å². The number of carbonyl (C=O) groups excluding carboxylic acids is 2. The molecule has 2 aromatic carbocycles. The normalized spacial score (nSPS) is 19.9. The molecule has 7 nitrogen and oxygen atoms in total. The molecule has 2 aliphatic rings. The van der Waals surface area contributed by atoms with Crippen LogP contribution in [0.15, 0.2) is 48.5 Å². The van der Waals surface area contributed by atoms with Gasteiger partial charge in [0.05, 0.1) is 5.92 Å². The van der Waals surface area contributed by atoms with Crippen molar-refractivity contribution in [2.24, 2.45) is 11.8 Å². The van der Waals surface area contributed by atoms with Crippen LogP contribution in [0.3, 0.4) is 0 Å². The fraction of sp³-hybridized carbons (Fsp3) is 0.444. The number of rotatable bonds is 8. The molecule has 1 unspecified atom stereocenters. The molecule has 1 fully saturated rings. The van der Waals surface area contributed by atoms with Crippen molar-refractivity contribution >= 4 is 18.0 Å². The maximum Gasteiger partial charge on any atom is 0.407 e. The zero-order chi connectivity index (χ0) is 24.2. The molecule has 1 saturated carbocycles. The van der Waals surface area contributed by atoms with E-state index in [0.717, 1.165) is 22.3 Å². The van der Waals surface area contributed by atoms with E-state index in [2.05, 4.69) is 34.9 Å². The second-order valence-electron chi connectivity index (χ2n) is 9.71. The van der Waals surface area contributed by atoms with Crippen LogP contribution in [0.2, 0.25) is 0 Å². The number of benzene rings is 2. The van der Waals surface area contributed by atoms with Crippen molar-refractivity contribution in [2.75, 3.05) is 6.61 Å². The molecule has 2 amide bonds. The van der Waals surface area contributed by atoms with Crippen LogP contribution in [-0.4, -0.2) is 41.8 Å². The van der Waals surface area contributed by atoms with E-state index in [9.17, 15) is 19.5 Å². The Morgan fingerprint density at radius 2 is 1.62 bits per heavy atom. The van der Waals surface area contributed by atoms with Crippen LogP contribution in [0.1, 0.15) is 56.6 Å². The molecule has 0 spiro atoms. The Bertz CT molecular complexity index is 1020. The number of ether oxygens (including phenoxy) is 1. The summed E-state index contributed by atoms with van der Waals surface area (Å²) in [4.78, 5) is 36.8. The van der Waals surface area contributed by atoms with Gasteiger partial charge < -0.3 is 20.5 Å². The number of fused-ring (bicyclic) bond motifs is 3. The third kappa shape index (κ3) is 5.24. The highest BCUT2D eigenvalue weighted by Crippen LogP contribution is 2.44. The Morgan fingerprint density at radius 1 is 1.00 bits per heavy atom. The highest BCUT2D eigenvalue weighted by molar-refractivity contribution is 5.86. The zero-order valence-electron chi connectivity index (χ0n) is 19.6.